The molecule has 0 bridgehead atoms. The van der Waals surface area contributed by atoms with Crippen molar-refractivity contribution in [3.63, 3.8) is 0 Å². The molecule has 152 valence electrons. The molecule has 0 atom stereocenters. The van der Waals surface area contributed by atoms with Crippen molar-refractivity contribution in [3.05, 3.63) is 69.5 Å². The lowest BCUT2D eigenvalue weighted by Gasteiger charge is -2.24. The van der Waals surface area contributed by atoms with Crippen molar-refractivity contribution < 1.29 is 9.53 Å². The second-order valence-electron chi connectivity index (χ2n) is 7.29. The van der Waals surface area contributed by atoms with Gasteiger partial charge in [0.2, 0.25) is 0 Å². The molecule has 0 saturated carbocycles. The molecule has 0 radical (unpaired) electrons. The van der Waals surface area contributed by atoms with E-state index in [1.165, 1.54) is 4.57 Å². The van der Waals surface area contributed by atoms with Gasteiger partial charge in [-0.05, 0) is 37.1 Å². The average Bonchev–Trinajstić information content (AvgIpc) is 2.70. The van der Waals surface area contributed by atoms with Crippen molar-refractivity contribution in [2.45, 2.75) is 20.8 Å². The number of aromatic nitrogens is 1. The molecule has 0 aliphatic rings. The van der Waals surface area contributed by atoms with Gasteiger partial charge in [0.1, 0.15) is 11.3 Å². The molecule has 1 heterocycles. The van der Waals surface area contributed by atoms with Crippen molar-refractivity contribution in [1.29, 1.82) is 0 Å². The third-order valence-corrected chi connectivity index (χ3v) is 5.04. The van der Waals surface area contributed by atoms with Crippen molar-refractivity contribution >= 4 is 34.1 Å². The quantitative estimate of drug-likeness (QED) is 0.579. The predicted molar refractivity (Wildman–Crippen MR) is 118 cm³/mol. The van der Waals surface area contributed by atoms with Crippen molar-refractivity contribution in [2.24, 2.45) is 13.0 Å². The fourth-order valence-corrected chi connectivity index (χ4v) is 3.54. The van der Waals surface area contributed by atoms with Crippen LogP contribution >= 0.6 is 11.6 Å². The van der Waals surface area contributed by atoms with E-state index in [1.807, 2.05) is 51.1 Å². The first-order valence-corrected chi connectivity index (χ1v) is 10.1. The Bertz CT molecular complexity index is 1090. The van der Waals surface area contributed by atoms with Crippen LogP contribution in [0.5, 0.6) is 5.75 Å². The van der Waals surface area contributed by atoms with E-state index in [-0.39, 0.29) is 17.2 Å². The summed E-state index contributed by atoms with van der Waals surface area (Å²) in [6.45, 7) is 6.67. The van der Waals surface area contributed by atoms with Crippen LogP contribution in [0.25, 0.3) is 10.9 Å². The minimum atomic E-state index is -0.405. The Morgan fingerprint density at radius 1 is 1.14 bits per heavy atom. The highest BCUT2D eigenvalue weighted by Crippen LogP contribution is 2.34. The first-order valence-electron chi connectivity index (χ1n) is 9.67. The van der Waals surface area contributed by atoms with Gasteiger partial charge in [-0.15, -0.1) is 0 Å². The number of aryl methyl sites for hydroxylation is 1. The number of fused-ring (bicyclic) bond motifs is 1. The van der Waals surface area contributed by atoms with Gasteiger partial charge in [-0.1, -0.05) is 49.7 Å². The Labute approximate surface area is 175 Å². The van der Waals surface area contributed by atoms with Gasteiger partial charge in [0, 0.05) is 19.3 Å². The summed E-state index contributed by atoms with van der Waals surface area (Å²) in [5.41, 5.74) is 0.939. The number of halogens is 1. The van der Waals surface area contributed by atoms with Gasteiger partial charge in [-0.3, -0.25) is 9.59 Å². The van der Waals surface area contributed by atoms with E-state index in [2.05, 4.69) is 0 Å². The van der Waals surface area contributed by atoms with Crippen LogP contribution in [0.1, 0.15) is 31.1 Å². The number of para-hydroxylation sites is 1. The van der Waals surface area contributed by atoms with Gasteiger partial charge in [-0.2, -0.15) is 0 Å². The fourth-order valence-electron chi connectivity index (χ4n) is 3.29. The van der Waals surface area contributed by atoms with Gasteiger partial charge in [-0.25, -0.2) is 0 Å². The largest absolute Gasteiger partial charge is 0.492 e. The number of carbonyl (C=O) groups is 1. The highest BCUT2D eigenvalue weighted by atomic mass is 35.5. The number of amides is 1. The Morgan fingerprint density at radius 3 is 2.45 bits per heavy atom. The molecular formula is C23H25ClN2O3. The summed E-state index contributed by atoms with van der Waals surface area (Å²) in [5.74, 6) is 0.0672. The third kappa shape index (κ3) is 4.01. The molecule has 5 nitrogen and oxygen atoms in total. The van der Waals surface area contributed by atoms with E-state index in [9.17, 15) is 9.59 Å². The number of benzene rings is 2. The minimum absolute atomic E-state index is 0.000506. The predicted octanol–water partition coefficient (Wildman–Crippen LogP) is 4.89. The number of carbonyl (C=O) groups excluding carboxylic acids is 1. The first kappa shape index (κ1) is 20.9. The van der Waals surface area contributed by atoms with Gasteiger partial charge in [0.15, 0.2) is 0 Å². The summed E-state index contributed by atoms with van der Waals surface area (Å²) in [5, 5.41) is 1.01. The van der Waals surface area contributed by atoms with Crippen LogP contribution in [0.15, 0.2) is 53.3 Å². The number of rotatable bonds is 6. The monoisotopic (exact) mass is 412 g/mol. The number of hydrogen-bond donors (Lipinski definition) is 0. The molecule has 0 N–H and O–H groups in total. The van der Waals surface area contributed by atoms with E-state index in [0.29, 0.717) is 29.1 Å². The summed E-state index contributed by atoms with van der Waals surface area (Å²) < 4.78 is 7.49. The van der Waals surface area contributed by atoms with Crippen molar-refractivity contribution in [2.75, 3.05) is 18.1 Å². The summed E-state index contributed by atoms with van der Waals surface area (Å²) in [4.78, 5) is 28.4. The molecule has 3 rings (SSSR count). The Morgan fingerprint density at radius 2 is 1.83 bits per heavy atom. The van der Waals surface area contributed by atoms with E-state index >= 15 is 0 Å². The number of nitrogens with zero attached hydrogens (tertiary/aromatic N) is 2. The van der Waals surface area contributed by atoms with Crippen LogP contribution in [0.4, 0.5) is 5.69 Å². The third-order valence-electron chi connectivity index (χ3n) is 4.73. The highest BCUT2D eigenvalue weighted by molar-refractivity contribution is 6.36. The van der Waals surface area contributed by atoms with Crippen molar-refractivity contribution in [3.8, 4) is 5.75 Å². The van der Waals surface area contributed by atoms with Crippen LogP contribution in [-0.2, 0) is 7.05 Å². The summed E-state index contributed by atoms with van der Waals surface area (Å²) in [6, 6.07) is 14.6. The molecule has 0 spiro atoms. The van der Waals surface area contributed by atoms with Crippen molar-refractivity contribution in [1.82, 2.24) is 4.57 Å². The van der Waals surface area contributed by atoms with Crippen LogP contribution in [0.2, 0.25) is 5.02 Å². The average molecular weight is 413 g/mol. The molecular weight excluding hydrogens is 388 g/mol. The standard InChI is InChI=1S/C23H25ClN2O3/c1-5-26(16-10-7-6-8-11-16)23(28)20-21(29-14-15(2)3)19-17(24)12-9-13-18(19)25(4)22(20)27/h6-13,15H,5,14H2,1-4H3. The first-order chi connectivity index (χ1) is 13.9. The smallest absolute Gasteiger partial charge is 0.267 e. The molecule has 0 aliphatic carbocycles. The minimum Gasteiger partial charge on any atom is -0.492 e. The molecule has 0 unspecified atom stereocenters. The summed E-state index contributed by atoms with van der Waals surface area (Å²) >= 11 is 6.49. The van der Waals surface area contributed by atoms with Gasteiger partial charge in [0.25, 0.3) is 11.5 Å². The van der Waals surface area contributed by atoms with Gasteiger partial charge in [0.05, 0.1) is 22.5 Å². The fraction of sp³-hybridized carbons (Fsp3) is 0.304. The summed E-state index contributed by atoms with van der Waals surface area (Å²) in [7, 11) is 1.64. The molecule has 3 aromatic rings. The summed E-state index contributed by atoms with van der Waals surface area (Å²) in [6.07, 6.45) is 0. The van der Waals surface area contributed by atoms with E-state index in [1.54, 1.807) is 30.1 Å². The van der Waals surface area contributed by atoms with Crippen LogP contribution in [-0.4, -0.2) is 23.6 Å². The van der Waals surface area contributed by atoms with Gasteiger partial charge >= 0.3 is 0 Å². The molecule has 29 heavy (non-hydrogen) atoms. The van der Waals surface area contributed by atoms with Gasteiger partial charge < -0.3 is 14.2 Å². The maximum atomic E-state index is 13.6. The molecule has 1 aromatic heterocycles. The van der Waals surface area contributed by atoms with E-state index in [0.717, 1.165) is 5.69 Å². The zero-order valence-electron chi connectivity index (χ0n) is 17.1. The Kier molecular flexibility index (Phi) is 6.28. The molecule has 2 aromatic carbocycles. The van der Waals surface area contributed by atoms with E-state index < -0.39 is 11.5 Å². The lowest BCUT2D eigenvalue weighted by atomic mass is 10.1. The van der Waals surface area contributed by atoms with Crippen LogP contribution in [0.3, 0.4) is 0 Å². The second-order valence-corrected chi connectivity index (χ2v) is 7.70. The van der Waals surface area contributed by atoms with E-state index in [4.69, 9.17) is 16.3 Å². The topological polar surface area (TPSA) is 51.5 Å². The molecule has 0 aliphatic heterocycles. The lowest BCUT2D eigenvalue weighted by Crippen LogP contribution is -2.37. The zero-order valence-corrected chi connectivity index (χ0v) is 17.9. The second kappa shape index (κ2) is 8.70. The zero-order chi connectivity index (χ0) is 21.1. The van der Waals surface area contributed by atoms with Crippen LogP contribution < -0.4 is 15.2 Å². The Hall–Kier alpha value is -2.79. The molecule has 0 fully saturated rings. The SMILES string of the molecule is CCN(C(=O)c1c(OCC(C)C)c2c(Cl)cccc2n(C)c1=O)c1ccccc1. The van der Waals surface area contributed by atoms with Crippen LogP contribution in [0, 0.1) is 5.92 Å². The number of hydrogen-bond acceptors (Lipinski definition) is 3. The maximum absolute atomic E-state index is 13.6. The molecule has 1 amide bonds. The normalized spacial score (nSPS) is 11.1. The maximum Gasteiger partial charge on any atom is 0.267 e. The number of pyridine rings is 1. The highest BCUT2D eigenvalue weighted by Gasteiger charge is 2.28. The Balaban J connectivity index is 2.29. The number of ether oxygens (including phenoxy) is 1. The number of anilines is 1. The lowest BCUT2D eigenvalue weighted by molar-refractivity contribution is 0.0982. The molecule has 6 heteroatoms. The molecule has 0 saturated heterocycles.